The van der Waals surface area contributed by atoms with E-state index in [4.69, 9.17) is 4.74 Å². The Morgan fingerprint density at radius 3 is 2.31 bits per heavy atom. The molecule has 45 heavy (non-hydrogen) atoms. The summed E-state index contributed by atoms with van der Waals surface area (Å²) in [5.74, 6) is 0. The fourth-order valence-corrected chi connectivity index (χ4v) is 6.80. The minimum absolute atomic E-state index is 0.0123. The molecule has 7 heteroatoms. The lowest BCUT2D eigenvalue weighted by atomic mass is 9.96. The molecule has 0 unspecified atom stereocenters. The van der Waals surface area contributed by atoms with Crippen LogP contribution in [0.4, 0.5) is 4.79 Å². The number of hydrogen-bond donors (Lipinski definition) is 1. The first kappa shape index (κ1) is 28.9. The number of aromatic amines is 1. The van der Waals surface area contributed by atoms with Gasteiger partial charge in [0.1, 0.15) is 6.61 Å². The summed E-state index contributed by atoms with van der Waals surface area (Å²) in [4.78, 5) is 33.1. The fraction of sp³-hybridized carbons (Fsp3) is 0.263. The molecule has 0 spiro atoms. The molecule has 5 aromatic carbocycles. The van der Waals surface area contributed by atoms with Gasteiger partial charge in [-0.2, -0.15) is 0 Å². The first-order valence-corrected chi connectivity index (χ1v) is 15.8. The van der Waals surface area contributed by atoms with Crippen LogP contribution in [0.1, 0.15) is 36.9 Å². The number of aromatic nitrogens is 2. The number of amides is 1. The molecule has 0 aliphatic carbocycles. The van der Waals surface area contributed by atoms with Gasteiger partial charge in [0, 0.05) is 38.3 Å². The van der Waals surface area contributed by atoms with Gasteiger partial charge in [-0.05, 0) is 70.6 Å². The average Bonchev–Trinajstić information content (AvgIpc) is 3.43. The maximum absolute atomic E-state index is 13.2. The van der Waals surface area contributed by atoms with E-state index in [0.717, 1.165) is 24.1 Å². The zero-order valence-corrected chi connectivity index (χ0v) is 25.6. The summed E-state index contributed by atoms with van der Waals surface area (Å²) < 4.78 is 7.79. The summed E-state index contributed by atoms with van der Waals surface area (Å²) in [6.45, 7) is 5.00. The molecule has 7 nitrogen and oxygen atoms in total. The second kappa shape index (κ2) is 12.6. The van der Waals surface area contributed by atoms with E-state index in [9.17, 15) is 9.59 Å². The predicted molar refractivity (Wildman–Crippen MR) is 180 cm³/mol. The van der Waals surface area contributed by atoms with Crippen molar-refractivity contribution in [2.24, 2.45) is 0 Å². The molecule has 6 aromatic rings. The fourth-order valence-electron chi connectivity index (χ4n) is 6.80. The van der Waals surface area contributed by atoms with Crippen molar-refractivity contribution in [3.05, 3.63) is 131 Å². The Balaban J connectivity index is 1.05. The highest BCUT2D eigenvalue weighted by atomic mass is 16.6. The topological polar surface area (TPSA) is 70.6 Å². The standard InChI is InChI=1S/C38H38N4O3/c1-27(26-45-38(44)40-21-19-31(20-22-40)42-36-18-10-9-17-35(36)39-37(42)43)41(24-28-11-3-2-4-12-28)25-30-23-29-13-5-6-14-32(29)34-16-8-7-15-33(30)34/h2-18,23,27,31H,19-22,24-26H2,1H3,(H,39,43)/t27-/m0/s1. The summed E-state index contributed by atoms with van der Waals surface area (Å²) in [5, 5.41) is 4.98. The van der Waals surface area contributed by atoms with Crippen LogP contribution >= 0.6 is 0 Å². The Morgan fingerprint density at radius 1 is 0.844 bits per heavy atom. The van der Waals surface area contributed by atoms with Crippen molar-refractivity contribution in [2.45, 2.75) is 44.9 Å². The Morgan fingerprint density at radius 2 is 1.51 bits per heavy atom. The molecule has 1 N–H and O–H groups in total. The van der Waals surface area contributed by atoms with Crippen molar-refractivity contribution in [2.75, 3.05) is 19.7 Å². The summed E-state index contributed by atoms with van der Waals surface area (Å²) in [6.07, 6.45) is 1.13. The minimum Gasteiger partial charge on any atom is -0.448 e. The van der Waals surface area contributed by atoms with Crippen molar-refractivity contribution in [3.8, 4) is 0 Å². The highest BCUT2D eigenvalue weighted by Crippen LogP contribution is 2.30. The normalized spacial score (nSPS) is 14.8. The number of likely N-dealkylation sites (tertiary alicyclic amines) is 1. The Labute approximate surface area is 262 Å². The molecule has 1 amide bonds. The summed E-state index contributed by atoms with van der Waals surface area (Å²) in [7, 11) is 0. The maximum atomic E-state index is 13.2. The van der Waals surface area contributed by atoms with Crippen LogP contribution < -0.4 is 5.69 Å². The van der Waals surface area contributed by atoms with Gasteiger partial charge in [0.05, 0.1) is 11.0 Å². The molecule has 1 aliphatic heterocycles. The Bertz CT molecular complexity index is 2010. The number of hydrogen-bond acceptors (Lipinski definition) is 4. The summed E-state index contributed by atoms with van der Waals surface area (Å²) in [6, 6.07) is 37.7. The third kappa shape index (κ3) is 5.96. The van der Waals surface area contributed by atoms with Gasteiger partial charge in [-0.25, -0.2) is 9.59 Å². The predicted octanol–water partition coefficient (Wildman–Crippen LogP) is 7.50. The van der Waals surface area contributed by atoms with Gasteiger partial charge < -0.3 is 14.6 Å². The van der Waals surface area contributed by atoms with Gasteiger partial charge >= 0.3 is 11.8 Å². The van der Waals surface area contributed by atoms with E-state index in [0.29, 0.717) is 32.5 Å². The van der Waals surface area contributed by atoms with Crippen molar-refractivity contribution >= 4 is 38.7 Å². The van der Waals surface area contributed by atoms with Crippen molar-refractivity contribution in [1.29, 1.82) is 0 Å². The molecule has 0 saturated carbocycles. The smallest absolute Gasteiger partial charge is 0.409 e. The molecular weight excluding hydrogens is 560 g/mol. The zero-order valence-electron chi connectivity index (χ0n) is 25.6. The quantitative estimate of drug-likeness (QED) is 0.184. The molecular formula is C38H38N4O3. The lowest BCUT2D eigenvalue weighted by Crippen LogP contribution is -2.42. The number of nitrogens with one attached hydrogen (secondary N) is 1. The van der Waals surface area contributed by atoms with Crippen molar-refractivity contribution in [1.82, 2.24) is 19.4 Å². The summed E-state index contributed by atoms with van der Waals surface area (Å²) >= 11 is 0. The van der Waals surface area contributed by atoms with Crippen LogP contribution in [0.25, 0.3) is 32.6 Å². The number of carbonyl (C=O) groups is 1. The third-order valence-electron chi connectivity index (χ3n) is 9.24. The van der Waals surface area contributed by atoms with Crippen LogP contribution in [0, 0.1) is 0 Å². The largest absolute Gasteiger partial charge is 0.448 e. The Kier molecular flexibility index (Phi) is 8.09. The number of piperidine rings is 1. The van der Waals surface area contributed by atoms with Crippen LogP contribution in [0.15, 0.2) is 114 Å². The number of imidazole rings is 1. The van der Waals surface area contributed by atoms with E-state index in [-0.39, 0.29) is 23.9 Å². The molecule has 1 aliphatic rings. The van der Waals surface area contributed by atoms with E-state index >= 15 is 0 Å². The van der Waals surface area contributed by atoms with E-state index in [1.165, 1.54) is 32.7 Å². The first-order valence-electron chi connectivity index (χ1n) is 15.8. The van der Waals surface area contributed by atoms with E-state index in [2.05, 4.69) is 95.7 Å². The number of carbonyl (C=O) groups excluding carboxylic acids is 1. The highest BCUT2D eigenvalue weighted by molar-refractivity contribution is 6.08. The lowest BCUT2D eigenvalue weighted by Gasteiger charge is -2.33. The number of fused-ring (bicyclic) bond motifs is 4. The third-order valence-corrected chi connectivity index (χ3v) is 9.24. The number of rotatable bonds is 8. The molecule has 1 saturated heterocycles. The van der Waals surface area contributed by atoms with Crippen LogP contribution in [-0.2, 0) is 17.8 Å². The molecule has 228 valence electrons. The van der Waals surface area contributed by atoms with Gasteiger partial charge in [0.2, 0.25) is 0 Å². The Hall–Kier alpha value is -4.88. The second-order valence-electron chi connectivity index (χ2n) is 12.2. The molecule has 0 radical (unpaired) electrons. The molecule has 1 atom stereocenters. The molecule has 1 fully saturated rings. The van der Waals surface area contributed by atoms with Crippen LogP contribution in [0.2, 0.25) is 0 Å². The first-order chi connectivity index (χ1) is 22.0. The molecule has 7 rings (SSSR count). The molecule has 0 bridgehead atoms. The van der Waals surface area contributed by atoms with Gasteiger partial charge in [0.25, 0.3) is 0 Å². The number of para-hydroxylation sites is 2. The van der Waals surface area contributed by atoms with Gasteiger partial charge in [-0.1, -0.05) is 91.0 Å². The van der Waals surface area contributed by atoms with Gasteiger partial charge in [-0.3, -0.25) is 9.47 Å². The van der Waals surface area contributed by atoms with E-state index < -0.39 is 0 Å². The number of benzene rings is 5. The highest BCUT2D eigenvalue weighted by Gasteiger charge is 2.28. The maximum Gasteiger partial charge on any atom is 0.409 e. The number of ether oxygens (including phenoxy) is 1. The molecule has 2 heterocycles. The van der Waals surface area contributed by atoms with E-state index in [1.807, 2.05) is 34.9 Å². The number of nitrogens with zero attached hydrogens (tertiary/aromatic N) is 3. The van der Waals surface area contributed by atoms with Gasteiger partial charge in [0.15, 0.2) is 0 Å². The van der Waals surface area contributed by atoms with Crippen LogP contribution in [0.3, 0.4) is 0 Å². The van der Waals surface area contributed by atoms with E-state index in [1.54, 1.807) is 4.90 Å². The van der Waals surface area contributed by atoms with Crippen LogP contribution in [0.5, 0.6) is 0 Å². The number of H-pyrrole nitrogens is 1. The zero-order chi connectivity index (χ0) is 30.8. The molecule has 1 aromatic heterocycles. The monoisotopic (exact) mass is 598 g/mol. The van der Waals surface area contributed by atoms with Crippen LogP contribution in [-0.4, -0.2) is 51.2 Å². The second-order valence-corrected chi connectivity index (χ2v) is 12.2. The van der Waals surface area contributed by atoms with Gasteiger partial charge in [-0.15, -0.1) is 0 Å². The minimum atomic E-state index is -0.289. The SMILES string of the molecule is C[C@@H](COC(=O)N1CCC(n2c(=O)[nH]c3ccccc32)CC1)N(Cc1ccccc1)Cc1cc2ccccc2c2ccccc12. The summed E-state index contributed by atoms with van der Waals surface area (Å²) in [5.41, 5.74) is 4.14. The van der Waals surface area contributed by atoms with Crippen molar-refractivity contribution < 1.29 is 9.53 Å². The average molecular weight is 599 g/mol. The van der Waals surface area contributed by atoms with Crippen molar-refractivity contribution in [3.63, 3.8) is 0 Å². The lowest BCUT2D eigenvalue weighted by molar-refractivity contribution is 0.0568.